The first-order valence-corrected chi connectivity index (χ1v) is 6.05. The van der Waals surface area contributed by atoms with E-state index >= 15 is 0 Å². The van der Waals surface area contributed by atoms with Crippen LogP contribution in [0, 0.1) is 17.2 Å². The Bertz CT molecular complexity index is 411. The topological polar surface area (TPSA) is 54.3 Å². The van der Waals surface area contributed by atoms with Crippen LogP contribution in [0.5, 0.6) is 11.5 Å². The standard InChI is InChI=1S/C14H20N2O2/c1-11(2)9-16-10-12-5-4-6-13(17-3)14(12)18-8-7-15/h4-6,11,16H,8-10H2,1-3H3. The smallest absolute Gasteiger partial charge is 0.174 e. The summed E-state index contributed by atoms with van der Waals surface area (Å²) >= 11 is 0. The molecule has 0 amide bonds. The SMILES string of the molecule is COc1cccc(CNCC(C)C)c1OCC#N. The highest BCUT2D eigenvalue weighted by atomic mass is 16.5. The largest absolute Gasteiger partial charge is 0.493 e. The van der Waals surface area contributed by atoms with E-state index in [2.05, 4.69) is 19.2 Å². The highest BCUT2D eigenvalue weighted by Crippen LogP contribution is 2.30. The van der Waals surface area contributed by atoms with Crippen molar-refractivity contribution in [1.82, 2.24) is 5.32 Å². The van der Waals surface area contributed by atoms with Crippen LogP contribution in [0.2, 0.25) is 0 Å². The molecule has 4 nitrogen and oxygen atoms in total. The lowest BCUT2D eigenvalue weighted by atomic mass is 10.1. The van der Waals surface area contributed by atoms with E-state index < -0.39 is 0 Å². The van der Waals surface area contributed by atoms with Crippen molar-refractivity contribution in [2.75, 3.05) is 20.3 Å². The molecule has 18 heavy (non-hydrogen) atoms. The van der Waals surface area contributed by atoms with Crippen LogP contribution in [-0.4, -0.2) is 20.3 Å². The molecule has 0 aliphatic heterocycles. The van der Waals surface area contributed by atoms with E-state index in [1.807, 2.05) is 24.3 Å². The lowest BCUT2D eigenvalue weighted by Crippen LogP contribution is -2.19. The number of nitrogens with zero attached hydrogens (tertiary/aromatic N) is 1. The van der Waals surface area contributed by atoms with Crippen molar-refractivity contribution in [1.29, 1.82) is 5.26 Å². The van der Waals surface area contributed by atoms with Gasteiger partial charge < -0.3 is 14.8 Å². The summed E-state index contributed by atoms with van der Waals surface area (Å²) in [6, 6.07) is 7.70. The molecule has 0 radical (unpaired) electrons. The summed E-state index contributed by atoms with van der Waals surface area (Å²) in [6.45, 7) is 5.99. The molecule has 0 aliphatic rings. The second-order valence-corrected chi connectivity index (χ2v) is 4.42. The minimum absolute atomic E-state index is 0.0254. The molecule has 0 unspecified atom stereocenters. The molecule has 0 saturated carbocycles. The molecule has 0 fully saturated rings. The van der Waals surface area contributed by atoms with Gasteiger partial charge in [0.2, 0.25) is 0 Å². The summed E-state index contributed by atoms with van der Waals surface area (Å²) in [7, 11) is 1.60. The van der Waals surface area contributed by atoms with Gasteiger partial charge in [-0.2, -0.15) is 5.26 Å². The number of hydrogen-bond acceptors (Lipinski definition) is 4. The Kier molecular flexibility index (Phi) is 6.03. The Hall–Kier alpha value is -1.73. The van der Waals surface area contributed by atoms with E-state index in [0.29, 0.717) is 24.0 Å². The van der Waals surface area contributed by atoms with E-state index in [-0.39, 0.29) is 6.61 Å². The van der Waals surface area contributed by atoms with Gasteiger partial charge in [-0.1, -0.05) is 26.0 Å². The van der Waals surface area contributed by atoms with Crippen molar-refractivity contribution >= 4 is 0 Å². The molecule has 0 atom stereocenters. The first kappa shape index (κ1) is 14.3. The van der Waals surface area contributed by atoms with E-state index in [9.17, 15) is 0 Å². The highest BCUT2D eigenvalue weighted by Gasteiger charge is 2.10. The van der Waals surface area contributed by atoms with Crippen LogP contribution >= 0.6 is 0 Å². The van der Waals surface area contributed by atoms with Gasteiger partial charge in [0.25, 0.3) is 0 Å². The molecule has 0 spiro atoms. The van der Waals surface area contributed by atoms with Gasteiger partial charge in [-0.25, -0.2) is 0 Å². The predicted molar refractivity (Wildman–Crippen MR) is 70.6 cm³/mol. The fraction of sp³-hybridized carbons (Fsp3) is 0.500. The minimum atomic E-state index is 0.0254. The summed E-state index contributed by atoms with van der Waals surface area (Å²) in [5, 5.41) is 12.0. The van der Waals surface area contributed by atoms with Crippen LogP contribution in [0.4, 0.5) is 0 Å². The Labute approximate surface area is 109 Å². The van der Waals surface area contributed by atoms with E-state index in [1.165, 1.54) is 0 Å². The zero-order valence-electron chi connectivity index (χ0n) is 11.2. The maximum Gasteiger partial charge on any atom is 0.174 e. The van der Waals surface area contributed by atoms with Crippen LogP contribution in [0.25, 0.3) is 0 Å². The lowest BCUT2D eigenvalue weighted by molar-refractivity contribution is 0.325. The summed E-state index contributed by atoms with van der Waals surface area (Å²) in [6.07, 6.45) is 0. The van der Waals surface area contributed by atoms with Gasteiger partial charge in [-0.15, -0.1) is 0 Å². The van der Waals surface area contributed by atoms with Crippen molar-refractivity contribution in [2.45, 2.75) is 20.4 Å². The van der Waals surface area contributed by atoms with Crippen molar-refractivity contribution in [3.8, 4) is 17.6 Å². The van der Waals surface area contributed by atoms with Gasteiger partial charge in [0.05, 0.1) is 7.11 Å². The molecule has 0 heterocycles. The fourth-order valence-corrected chi connectivity index (χ4v) is 1.63. The van der Waals surface area contributed by atoms with Crippen LogP contribution < -0.4 is 14.8 Å². The molecule has 1 aromatic carbocycles. The number of methoxy groups -OCH3 is 1. The van der Waals surface area contributed by atoms with Gasteiger partial charge in [0.1, 0.15) is 6.07 Å². The van der Waals surface area contributed by atoms with Gasteiger partial charge in [-0.05, 0) is 18.5 Å². The van der Waals surface area contributed by atoms with Crippen molar-refractivity contribution < 1.29 is 9.47 Å². The lowest BCUT2D eigenvalue weighted by Gasteiger charge is -2.14. The molecule has 1 N–H and O–H groups in total. The van der Waals surface area contributed by atoms with Gasteiger partial charge >= 0.3 is 0 Å². The summed E-state index contributed by atoms with van der Waals surface area (Å²) in [5.41, 5.74) is 1.00. The molecular formula is C14H20N2O2. The summed E-state index contributed by atoms with van der Waals surface area (Å²) in [4.78, 5) is 0. The number of nitrogens with one attached hydrogen (secondary N) is 1. The number of ether oxygens (including phenoxy) is 2. The number of rotatable bonds is 7. The molecule has 98 valence electrons. The van der Waals surface area contributed by atoms with Crippen molar-refractivity contribution in [3.63, 3.8) is 0 Å². The second kappa shape index (κ2) is 7.57. The number of hydrogen-bond donors (Lipinski definition) is 1. The van der Waals surface area contributed by atoms with Crippen LogP contribution in [-0.2, 0) is 6.54 Å². The zero-order valence-corrected chi connectivity index (χ0v) is 11.2. The zero-order chi connectivity index (χ0) is 13.4. The molecular weight excluding hydrogens is 228 g/mol. The third-order valence-electron chi connectivity index (χ3n) is 2.43. The van der Waals surface area contributed by atoms with Crippen molar-refractivity contribution in [3.05, 3.63) is 23.8 Å². The summed E-state index contributed by atoms with van der Waals surface area (Å²) < 4.78 is 10.7. The Morgan fingerprint density at radius 1 is 1.39 bits per heavy atom. The molecule has 0 saturated heterocycles. The average Bonchev–Trinajstić information content (AvgIpc) is 2.36. The number of benzene rings is 1. The minimum Gasteiger partial charge on any atom is -0.493 e. The van der Waals surface area contributed by atoms with E-state index in [4.69, 9.17) is 14.7 Å². The first-order valence-electron chi connectivity index (χ1n) is 6.05. The molecule has 1 aromatic rings. The predicted octanol–water partition coefficient (Wildman–Crippen LogP) is 2.34. The van der Waals surface area contributed by atoms with Gasteiger partial charge in [-0.3, -0.25) is 0 Å². The molecule has 4 heteroatoms. The van der Waals surface area contributed by atoms with E-state index in [1.54, 1.807) is 7.11 Å². The number of nitriles is 1. The molecule has 0 bridgehead atoms. The third kappa shape index (κ3) is 4.27. The maximum atomic E-state index is 8.60. The normalized spacial score (nSPS) is 10.2. The van der Waals surface area contributed by atoms with Crippen LogP contribution in [0.3, 0.4) is 0 Å². The second-order valence-electron chi connectivity index (χ2n) is 4.42. The van der Waals surface area contributed by atoms with E-state index in [0.717, 1.165) is 12.1 Å². The highest BCUT2D eigenvalue weighted by molar-refractivity contribution is 5.46. The Morgan fingerprint density at radius 3 is 2.78 bits per heavy atom. The molecule has 0 aromatic heterocycles. The van der Waals surface area contributed by atoms with Crippen molar-refractivity contribution in [2.24, 2.45) is 5.92 Å². The molecule has 0 aliphatic carbocycles. The fourth-order valence-electron chi connectivity index (χ4n) is 1.63. The Balaban J connectivity index is 2.78. The Morgan fingerprint density at radius 2 is 2.17 bits per heavy atom. The number of para-hydroxylation sites is 1. The monoisotopic (exact) mass is 248 g/mol. The third-order valence-corrected chi connectivity index (χ3v) is 2.43. The first-order chi connectivity index (χ1) is 8.69. The average molecular weight is 248 g/mol. The van der Waals surface area contributed by atoms with Gasteiger partial charge in [0, 0.05) is 12.1 Å². The quantitative estimate of drug-likeness (QED) is 0.804. The molecule has 1 rings (SSSR count). The van der Waals surface area contributed by atoms with Crippen LogP contribution in [0.15, 0.2) is 18.2 Å². The van der Waals surface area contributed by atoms with Crippen LogP contribution in [0.1, 0.15) is 19.4 Å². The maximum absolute atomic E-state index is 8.60. The summed E-state index contributed by atoms with van der Waals surface area (Å²) in [5.74, 6) is 1.91. The van der Waals surface area contributed by atoms with Gasteiger partial charge in [0.15, 0.2) is 18.1 Å².